The Balaban J connectivity index is 1.48. The standard InChI is InChI=1S/C23H28N4O2/c1-15-6-8-18(9-7-15)16(2)23(29)26-12-10-20-19(14-26)13-24-22(25-20)21-5-4-11-27(21)17(3)28/h6-9,13,16,21H,4-5,10-12,14H2,1-3H3/t16-,21+/m1/s1. The molecule has 3 heterocycles. The zero-order chi connectivity index (χ0) is 20.5. The maximum absolute atomic E-state index is 13.0. The van der Waals surface area contributed by atoms with Crippen molar-refractivity contribution < 1.29 is 9.59 Å². The summed E-state index contributed by atoms with van der Waals surface area (Å²) < 4.78 is 0. The monoisotopic (exact) mass is 392 g/mol. The van der Waals surface area contributed by atoms with Gasteiger partial charge in [0.25, 0.3) is 0 Å². The quantitative estimate of drug-likeness (QED) is 0.805. The van der Waals surface area contributed by atoms with E-state index in [0.29, 0.717) is 13.1 Å². The number of amides is 2. The summed E-state index contributed by atoms with van der Waals surface area (Å²) in [6.07, 6.45) is 4.48. The topological polar surface area (TPSA) is 66.4 Å². The van der Waals surface area contributed by atoms with Crippen molar-refractivity contribution in [1.82, 2.24) is 19.8 Å². The van der Waals surface area contributed by atoms with Crippen LogP contribution in [0, 0.1) is 6.92 Å². The summed E-state index contributed by atoms with van der Waals surface area (Å²) in [6.45, 7) is 7.62. The fraction of sp³-hybridized carbons (Fsp3) is 0.478. The van der Waals surface area contributed by atoms with Crippen LogP contribution in [0.15, 0.2) is 30.5 Å². The van der Waals surface area contributed by atoms with E-state index in [0.717, 1.165) is 48.5 Å². The predicted molar refractivity (Wildman–Crippen MR) is 110 cm³/mol. The Labute approximate surface area is 172 Å². The van der Waals surface area contributed by atoms with Crippen LogP contribution < -0.4 is 0 Å². The smallest absolute Gasteiger partial charge is 0.230 e. The molecule has 6 heteroatoms. The molecule has 1 fully saturated rings. The molecule has 0 spiro atoms. The van der Waals surface area contributed by atoms with Crippen molar-refractivity contribution in [2.75, 3.05) is 13.1 Å². The SMILES string of the molecule is CC(=O)N1CCC[C@H]1c1ncc2c(n1)CCN(C(=O)[C@H](C)c1ccc(C)cc1)C2. The van der Waals surface area contributed by atoms with Crippen LogP contribution in [0.2, 0.25) is 0 Å². The molecule has 0 aliphatic carbocycles. The van der Waals surface area contributed by atoms with Crippen LogP contribution in [-0.2, 0) is 22.6 Å². The normalized spacial score (nSPS) is 19.8. The molecule has 0 radical (unpaired) electrons. The number of fused-ring (bicyclic) bond motifs is 1. The third-order valence-corrected chi connectivity index (χ3v) is 6.17. The molecule has 2 amide bonds. The molecule has 29 heavy (non-hydrogen) atoms. The number of aromatic nitrogens is 2. The first kappa shape index (κ1) is 19.6. The Kier molecular flexibility index (Phi) is 5.35. The van der Waals surface area contributed by atoms with Gasteiger partial charge < -0.3 is 9.80 Å². The molecule has 152 valence electrons. The van der Waals surface area contributed by atoms with Gasteiger partial charge in [0.2, 0.25) is 11.8 Å². The summed E-state index contributed by atoms with van der Waals surface area (Å²) in [5.74, 6) is 0.794. The summed E-state index contributed by atoms with van der Waals surface area (Å²) in [5, 5.41) is 0. The molecule has 4 rings (SSSR count). The van der Waals surface area contributed by atoms with Crippen LogP contribution in [0.3, 0.4) is 0 Å². The van der Waals surface area contributed by atoms with E-state index in [9.17, 15) is 9.59 Å². The second-order valence-corrected chi connectivity index (χ2v) is 8.21. The zero-order valence-corrected chi connectivity index (χ0v) is 17.4. The van der Waals surface area contributed by atoms with E-state index in [1.807, 2.05) is 54.1 Å². The first-order valence-corrected chi connectivity index (χ1v) is 10.4. The van der Waals surface area contributed by atoms with E-state index < -0.39 is 0 Å². The number of hydrogen-bond acceptors (Lipinski definition) is 4. The van der Waals surface area contributed by atoms with E-state index in [1.54, 1.807) is 6.92 Å². The average Bonchev–Trinajstić information content (AvgIpc) is 3.23. The van der Waals surface area contributed by atoms with Gasteiger partial charge in [0.05, 0.1) is 17.7 Å². The number of rotatable bonds is 3. The molecule has 6 nitrogen and oxygen atoms in total. The van der Waals surface area contributed by atoms with E-state index in [4.69, 9.17) is 4.98 Å². The summed E-state index contributed by atoms with van der Waals surface area (Å²) in [4.78, 5) is 38.0. The molecule has 2 aromatic rings. The highest BCUT2D eigenvalue weighted by Gasteiger charge is 2.32. The molecule has 0 bridgehead atoms. The van der Waals surface area contributed by atoms with Gasteiger partial charge in [-0.15, -0.1) is 0 Å². The molecular weight excluding hydrogens is 364 g/mol. The van der Waals surface area contributed by atoms with Crippen LogP contribution in [0.25, 0.3) is 0 Å². The highest BCUT2D eigenvalue weighted by molar-refractivity contribution is 5.83. The lowest BCUT2D eigenvalue weighted by Gasteiger charge is -2.31. The number of benzene rings is 1. The van der Waals surface area contributed by atoms with Crippen molar-refractivity contribution in [2.24, 2.45) is 0 Å². The molecule has 2 atom stereocenters. The van der Waals surface area contributed by atoms with Gasteiger partial charge in [-0.3, -0.25) is 9.59 Å². The maximum Gasteiger partial charge on any atom is 0.230 e. The van der Waals surface area contributed by atoms with E-state index in [2.05, 4.69) is 4.98 Å². The lowest BCUT2D eigenvalue weighted by atomic mass is 9.97. The van der Waals surface area contributed by atoms with Crippen molar-refractivity contribution >= 4 is 11.8 Å². The van der Waals surface area contributed by atoms with Crippen LogP contribution in [0.1, 0.15) is 66.9 Å². The first-order chi connectivity index (χ1) is 13.9. The molecule has 1 aromatic carbocycles. The van der Waals surface area contributed by atoms with E-state index in [1.165, 1.54) is 5.56 Å². The van der Waals surface area contributed by atoms with Gasteiger partial charge >= 0.3 is 0 Å². The van der Waals surface area contributed by atoms with Gasteiger partial charge in [0.1, 0.15) is 0 Å². The first-order valence-electron chi connectivity index (χ1n) is 10.4. The molecule has 0 unspecified atom stereocenters. The third-order valence-electron chi connectivity index (χ3n) is 6.17. The summed E-state index contributed by atoms with van der Waals surface area (Å²) in [6, 6.07) is 8.15. The van der Waals surface area contributed by atoms with Crippen LogP contribution >= 0.6 is 0 Å². The minimum atomic E-state index is -0.167. The Morgan fingerprint density at radius 3 is 2.66 bits per heavy atom. The van der Waals surface area contributed by atoms with Crippen molar-refractivity contribution in [3.05, 3.63) is 58.7 Å². The predicted octanol–water partition coefficient (Wildman–Crippen LogP) is 3.16. The lowest BCUT2D eigenvalue weighted by molar-refractivity contribution is -0.133. The fourth-order valence-corrected chi connectivity index (χ4v) is 4.36. The molecule has 2 aliphatic heterocycles. The summed E-state index contributed by atoms with van der Waals surface area (Å²) >= 11 is 0. The van der Waals surface area contributed by atoms with Gasteiger partial charge in [-0.25, -0.2) is 9.97 Å². The van der Waals surface area contributed by atoms with E-state index in [-0.39, 0.29) is 23.8 Å². The average molecular weight is 393 g/mol. The molecule has 0 saturated carbocycles. The second-order valence-electron chi connectivity index (χ2n) is 8.21. The molecule has 1 saturated heterocycles. The zero-order valence-electron chi connectivity index (χ0n) is 17.4. The number of hydrogen-bond donors (Lipinski definition) is 0. The van der Waals surface area contributed by atoms with Crippen LogP contribution in [-0.4, -0.2) is 44.7 Å². The Hall–Kier alpha value is -2.76. The van der Waals surface area contributed by atoms with Crippen molar-refractivity contribution in [2.45, 2.75) is 58.5 Å². The molecular formula is C23H28N4O2. The van der Waals surface area contributed by atoms with Crippen molar-refractivity contribution in [3.8, 4) is 0 Å². The number of likely N-dealkylation sites (tertiary alicyclic amines) is 1. The highest BCUT2D eigenvalue weighted by atomic mass is 16.2. The Morgan fingerprint density at radius 1 is 1.17 bits per heavy atom. The number of carbonyl (C=O) groups is 2. The third kappa shape index (κ3) is 3.88. The molecule has 1 aromatic heterocycles. The largest absolute Gasteiger partial charge is 0.337 e. The van der Waals surface area contributed by atoms with Crippen molar-refractivity contribution in [3.63, 3.8) is 0 Å². The van der Waals surface area contributed by atoms with Crippen LogP contribution in [0.5, 0.6) is 0 Å². The minimum Gasteiger partial charge on any atom is -0.337 e. The van der Waals surface area contributed by atoms with Gasteiger partial charge in [0, 0.05) is 44.7 Å². The minimum absolute atomic E-state index is 0.0148. The van der Waals surface area contributed by atoms with E-state index >= 15 is 0 Å². The van der Waals surface area contributed by atoms with Crippen LogP contribution in [0.4, 0.5) is 0 Å². The number of nitrogens with zero attached hydrogens (tertiary/aromatic N) is 4. The molecule has 2 aliphatic rings. The Bertz CT molecular complexity index is 925. The number of carbonyl (C=O) groups excluding carboxylic acids is 2. The van der Waals surface area contributed by atoms with Crippen molar-refractivity contribution in [1.29, 1.82) is 0 Å². The second kappa shape index (κ2) is 7.93. The highest BCUT2D eigenvalue weighted by Crippen LogP contribution is 2.31. The van der Waals surface area contributed by atoms with Gasteiger partial charge in [-0.1, -0.05) is 29.8 Å². The summed E-state index contributed by atoms with van der Waals surface area (Å²) in [5.41, 5.74) is 4.26. The fourth-order valence-electron chi connectivity index (χ4n) is 4.36. The Morgan fingerprint density at radius 2 is 1.93 bits per heavy atom. The maximum atomic E-state index is 13.0. The summed E-state index contributed by atoms with van der Waals surface area (Å²) in [7, 11) is 0. The lowest BCUT2D eigenvalue weighted by Crippen LogP contribution is -2.39. The van der Waals surface area contributed by atoms with Gasteiger partial charge in [-0.05, 0) is 32.3 Å². The number of aryl methyl sites for hydroxylation is 1. The van der Waals surface area contributed by atoms with Gasteiger partial charge in [-0.2, -0.15) is 0 Å². The molecule has 0 N–H and O–H groups in total. The van der Waals surface area contributed by atoms with Gasteiger partial charge in [0.15, 0.2) is 5.82 Å².